The zero-order valence-corrected chi connectivity index (χ0v) is 15.8. The Hall–Kier alpha value is -2.79. The molecule has 0 aliphatic heterocycles. The lowest BCUT2D eigenvalue weighted by Crippen LogP contribution is -2.28. The van der Waals surface area contributed by atoms with Crippen LogP contribution in [-0.2, 0) is 9.53 Å². The number of benzene rings is 2. The number of pyridine rings is 1. The highest BCUT2D eigenvalue weighted by Crippen LogP contribution is 2.39. The van der Waals surface area contributed by atoms with Crippen molar-refractivity contribution in [2.75, 3.05) is 0 Å². The average molecular weight is 367 g/mol. The fraction of sp³-hybridized carbons (Fsp3) is 0.273. The van der Waals surface area contributed by atoms with Gasteiger partial charge in [-0.25, -0.2) is 9.18 Å². The van der Waals surface area contributed by atoms with E-state index in [4.69, 9.17) is 4.74 Å². The topological polar surface area (TPSA) is 59.4 Å². The molecule has 1 aromatic heterocycles. The number of nitrogens with zero attached hydrogens (tertiary/aromatic N) is 1. The molecule has 1 N–H and O–H groups in total. The fourth-order valence-electron chi connectivity index (χ4n) is 3.18. The van der Waals surface area contributed by atoms with Gasteiger partial charge in [-0.3, -0.25) is 4.98 Å². The van der Waals surface area contributed by atoms with Gasteiger partial charge in [0.15, 0.2) is 6.10 Å². The van der Waals surface area contributed by atoms with Crippen LogP contribution in [0.2, 0.25) is 0 Å². The van der Waals surface area contributed by atoms with E-state index in [0.717, 1.165) is 16.5 Å². The number of hydrogen-bond donors (Lipinski definition) is 1. The second kappa shape index (κ2) is 7.08. The van der Waals surface area contributed by atoms with Crippen LogP contribution in [0.15, 0.2) is 48.5 Å². The van der Waals surface area contributed by atoms with Crippen LogP contribution in [0.5, 0.6) is 0 Å². The molecule has 1 heterocycles. The van der Waals surface area contributed by atoms with Gasteiger partial charge in [-0.15, -0.1) is 0 Å². The summed E-state index contributed by atoms with van der Waals surface area (Å²) in [7, 11) is 0. The Morgan fingerprint density at radius 1 is 1.11 bits per heavy atom. The number of fused-ring (bicyclic) bond motifs is 1. The van der Waals surface area contributed by atoms with Crippen LogP contribution < -0.4 is 0 Å². The fourth-order valence-corrected chi connectivity index (χ4v) is 3.18. The van der Waals surface area contributed by atoms with Crippen LogP contribution in [0.1, 0.15) is 38.1 Å². The van der Waals surface area contributed by atoms with E-state index in [1.54, 1.807) is 19.1 Å². The predicted molar refractivity (Wildman–Crippen MR) is 103 cm³/mol. The van der Waals surface area contributed by atoms with Gasteiger partial charge in [0.1, 0.15) is 5.82 Å². The lowest BCUT2D eigenvalue weighted by Gasteiger charge is -2.28. The van der Waals surface area contributed by atoms with Crippen LogP contribution >= 0.6 is 0 Å². The van der Waals surface area contributed by atoms with Gasteiger partial charge in [-0.05, 0) is 57.0 Å². The monoisotopic (exact) mass is 367 g/mol. The Balaban J connectivity index is 2.37. The summed E-state index contributed by atoms with van der Waals surface area (Å²) in [5.74, 6) is -1.44. The molecule has 5 heteroatoms. The molecule has 1 unspecified atom stereocenters. The van der Waals surface area contributed by atoms with Gasteiger partial charge >= 0.3 is 5.97 Å². The first kappa shape index (κ1) is 19.0. The van der Waals surface area contributed by atoms with E-state index < -0.39 is 17.7 Å². The molecule has 0 saturated carbocycles. The van der Waals surface area contributed by atoms with E-state index >= 15 is 0 Å². The number of carboxylic acids is 1. The zero-order valence-electron chi connectivity index (χ0n) is 15.8. The SMILES string of the molecule is Cc1nc2ccccc2c(-c2ccc(F)cc2)c1C(OC(C)(C)C)C(=O)O. The average Bonchev–Trinajstić information content (AvgIpc) is 2.59. The van der Waals surface area contributed by atoms with E-state index in [-0.39, 0.29) is 5.82 Å². The van der Waals surface area contributed by atoms with E-state index in [2.05, 4.69) is 4.98 Å². The first-order chi connectivity index (χ1) is 12.7. The minimum atomic E-state index is -1.19. The van der Waals surface area contributed by atoms with Crippen molar-refractivity contribution in [3.8, 4) is 11.1 Å². The van der Waals surface area contributed by atoms with Gasteiger partial charge in [0, 0.05) is 16.6 Å². The van der Waals surface area contributed by atoms with Crippen molar-refractivity contribution in [3.05, 3.63) is 65.6 Å². The highest BCUT2D eigenvalue weighted by molar-refractivity contribution is 5.98. The zero-order chi connectivity index (χ0) is 19.8. The molecule has 0 amide bonds. The summed E-state index contributed by atoms with van der Waals surface area (Å²) in [5.41, 5.74) is 2.57. The van der Waals surface area contributed by atoms with Gasteiger partial charge in [0.25, 0.3) is 0 Å². The molecule has 0 fully saturated rings. The molecule has 0 aliphatic carbocycles. The largest absolute Gasteiger partial charge is 0.479 e. The number of ether oxygens (including phenoxy) is 1. The van der Waals surface area contributed by atoms with E-state index in [9.17, 15) is 14.3 Å². The Labute approximate surface area is 157 Å². The van der Waals surface area contributed by atoms with E-state index in [1.165, 1.54) is 12.1 Å². The summed E-state index contributed by atoms with van der Waals surface area (Å²) in [6, 6.07) is 13.5. The highest BCUT2D eigenvalue weighted by Gasteiger charge is 2.32. The van der Waals surface area contributed by atoms with E-state index in [1.807, 2.05) is 45.0 Å². The third-order valence-electron chi connectivity index (χ3n) is 4.21. The van der Waals surface area contributed by atoms with Crippen LogP contribution in [0.25, 0.3) is 22.0 Å². The second-order valence-corrected chi connectivity index (χ2v) is 7.46. The molecule has 0 bridgehead atoms. The number of aromatic nitrogens is 1. The molecule has 2 aromatic carbocycles. The maximum absolute atomic E-state index is 13.5. The summed E-state index contributed by atoms with van der Waals surface area (Å²) in [4.78, 5) is 16.7. The molecule has 4 nitrogen and oxygen atoms in total. The molecule has 140 valence electrons. The lowest BCUT2D eigenvalue weighted by molar-refractivity contribution is -0.160. The number of para-hydroxylation sites is 1. The quantitative estimate of drug-likeness (QED) is 0.681. The standard InChI is InChI=1S/C22H22FNO3/c1-13-18(20(21(25)26)27-22(2,3)4)19(14-9-11-15(23)12-10-14)16-7-5-6-8-17(16)24-13/h5-12,20H,1-4H3,(H,25,26). The van der Waals surface area contributed by atoms with Crippen molar-refractivity contribution >= 4 is 16.9 Å². The van der Waals surface area contributed by atoms with Gasteiger partial charge in [0.05, 0.1) is 11.1 Å². The van der Waals surface area contributed by atoms with Gasteiger partial charge < -0.3 is 9.84 Å². The third-order valence-corrected chi connectivity index (χ3v) is 4.21. The number of hydrogen-bond acceptors (Lipinski definition) is 3. The summed E-state index contributed by atoms with van der Waals surface area (Å²) in [5, 5.41) is 10.7. The summed E-state index contributed by atoms with van der Waals surface area (Å²) in [6.07, 6.45) is -1.19. The van der Waals surface area contributed by atoms with Crippen LogP contribution in [0.3, 0.4) is 0 Å². The molecular weight excluding hydrogens is 345 g/mol. The number of carboxylic acid groups (broad SMARTS) is 1. The Morgan fingerprint density at radius 3 is 2.33 bits per heavy atom. The molecule has 0 aliphatic rings. The first-order valence-electron chi connectivity index (χ1n) is 8.73. The minimum absolute atomic E-state index is 0.351. The molecule has 3 rings (SSSR count). The van der Waals surface area contributed by atoms with Crippen LogP contribution in [0, 0.1) is 12.7 Å². The molecular formula is C22H22FNO3. The van der Waals surface area contributed by atoms with E-state index in [0.29, 0.717) is 16.8 Å². The smallest absolute Gasteiger partial charge is 0.337 e. The van der Waals surface area contributed by atoms with Crippen molar-refractivity contribution < 1.29 is 19.0 Å². The maximum atomic E-state index is 13.5. The molecule has 27 heavy (non-hydrogen) atoms. The summed E-state index contributed by atoms with van der Waals surface area (Å²) in [6.45, 7) is 7.20. The van der Waals surface area contributed by atoms with Crippen molar-refractivity contribution in [3.63, 3.8) is 0 Å². The lowest BCUT2D eigenvalue weighted by atomic mass is 9.91. The number of aryl methyl sites for hydroxylation is 1. The molecule has 0 saturated heterocycles. The Kier molecular flexibility index (Phi) is 4.98. The second-order valence-electron chi connectivity index (χ2n) is 7.46. The minimum Gasteiger partial charge on any atom is -0.479 e. The van der Waals surface area contributed by atoms with Crippen molar-refractivity contribution in [2.45, 2.75) is 39.4 Å². The highest BCUT2D eigenvalue weighted by atomic mass is 19.1. The van der Waals surface area contributed by atoms with Crippen molar-refractivity contribution in [2.24, 2.45) is 0 Å². The maximum Gasteiger partial charge on any atom is 0.337 e. The summed E-state index contributed by atoms with van der Waals surface area (Å²) < 4.78 is 19.4. The normalized spacial score (nSPS) is 12.9. The number of aliphatic carboxylic acids is 1. The summed E-state index contributed by atoms with van der Waals surface area (Å²) >= 11 is 0. The molecule has 3 aromatic rings. The van der Waals surface area contributed by atoms with Gasteiger partial charge in [-0.2, -0.15) is 0 Å². The molecule has 0 radical (unpaired) electrons. The number of carbonyl (C=O) groups is 1. The van der Waals surface area contributed by atoms with Gasteiger partial charge in [0.2, 0.25) is 0 Å². The number of rotatable bonds is 4. The molecule has 1 atom stereocenters. The number of halogens is 1. The third kappa shape index (κ3) is 3.98. The Morgan fingerprint density at radius 2 is 1.74 bits per heavy atom. The van der Waals surface area contributed by atoms with Crippen molar-refractivity contribution in [1.82, 2.24) is 4.98 Å². The molecule has 0 spiro atoms. The first-order valence-corrected chi connectivity index (χ1v) is 8.73. The van der Waals surface area contributed by atoms with Crippen LogP contribution in [-0.4, -0.2) is 21.7 Å². The van der Waals surface area contributed by atoms with Gasteiger partial charge in [-0.1, -0.05) is 30.3 Å². The Bertz CT molecular complexity index is 991. The van der Waals surface area contributed by atoms with Crippen molar-refractivity contribution in [1.29, 1.82) is 0 Å². The predicted octanol–water partition coefficient (Wildman–Crippen LogP) is 5.29. The van der Waals surface area contributed by atoms with Crippen LogP contribution in [0.4, 0.5) is 4.39 Å².